The minimum absolute atomic E-state index is 0.0130. The van der Waals surface area contributed by atoms with Gasteiger partial charge in [0.05, 0.1) is 19.8 Å². The molecule has 5 nitrogen and oxygen atoms in total. The van der Waals surface area contributed by atoms with Crippen molar-refractivity contribution >= 4 is 11.0 Å². The van der Waals surface area contributed by atoms with Gasteiger partial charge in [0, 0.05) is 17.0 Å². The van der Waals surface area contributed by atoms with Crippen molar-refractivity contribution in [2.75, 3.05) is 14.2 Å². The second kappa shape index (κ2) is 5.44. The monoisotopic (exact) mass is 298 g/mol. The maximum Gasteiger partial charge on any atom is 0.344 e. The molecule has 3 aromatic rings. The Morgan fingerprint density at radius 3 is 2.32 bits per heavy atom. The summed E-state index contributed by atoms with van der Waals surface area (Å²) < 4.78 is 15.6. The molecule has 5 heteroatoms. The Labute approximate surface area is 126 Å². The highest BCUT2D eigenvalue weighted by atomic mass is 16.5. The maximum absolute atomic E-state index is 12.2. The zero-order valence-electron chi connectivity index (χ0n) is 12.1. The molecule has 0 amide bonds. The average molecular weight is 298 g/mol. The lowest BCUT2D eigenvalue weighted by atomic mass is 10.0. The minimum atomic E-state index is -0.538. The van der Waals surface area contributed by atoms with Crippen molar-refractivity contribution in [2.24, 2.45) is 0 Å². The van der Waals surface area contributed by atoms with Gasteiger partial charge in [-0.3, -0.25) is 0 Å². The quantitative estimate of drug-likeness (QED) is 0.752. The number of ether oxygens (including phenoxy) is 2. The van der Waals surface area contributed by atoms with Crippen LogP contribution < -0.4 is 15.1 Å². The van der Waals surface area contributed by atoms with Gasteiger partial charge in [-0.1, -0.05) is 0 Å². The summed E-state index contributed by atoms with van der Waals surface area (Å²) in [6.45, 7) is 0. The molecule has 0 bridgehead atoms. The lowest BCUT2D eigenvalue weighted by Gasteiger charge is -2.08. The highest BCUT2D eigenvalue weighted by molar-refractivity contribution is 5.84. The Bertz CT molecular complexity index is 895. The van der Waals surface area contributed by atoms with E-state index in [1.54, 1.807) is 43.5 Å². The van der Waals surface area contributed by atoms with E-state index in [1.165, 1.54) is 13.2 Å². The number of phenolic OH excluding ortho intramolecular Hbond substituents is 1. The zero-order chi connectivity index (χ0) is 15.7. The summed E-state index contributed by atoms with van der Waals surface area (Å²) in [6.07, 6.45) is 0. The summed E-state index contributed by atoms with van der Waals surface area (Å²) in [5.41, 5.74) is 0.527. The summed E-state index contributed by atoms with van der Waals surface area (Å²) in [5, 5.41) is 10.7. The van der Waals surface area contributed by atoms with Gasteiger partial charge in [-0.25, -0.2) is 4.79 Å². The first-order chi connectivity index (χ1) is 10.6. The third-order valence-corrected chi connectivity index (χ3v) is 3.44. The molecule has 0 radical (unpaired) electrons. The first-order valence-corrected chi connectivity index (χ1v) is 6.61. The van der Waals surface area contributed by atoms with E-state index in [9.17, 15) is 9.90 Å². The molecule has 1 aromatic heterocycles. The van der Waals surface area contributed by atoms with Crippen LogP contribution in [0.5, 0.6) is 17.2 Å². The van der Waals surface area contributed by atoms with Gasteiger partial charge in [0.25, 0.3) is 0 Å². The van der Waals surface area contributed by atoms with Crippen molar-refractivity contribution in [3.8, 4) is 28.4 Å². The van der Waals surface area contributed by atoms with Crippen LogP contribution in [0, 0.1) is 0 Å². The summed E-state index contributed by atoms with van der Waals surface area (Å²) in [7, 11) is 3.06. The molecule has 1 N–H and O–H groups in total. The molecule has 0 atom stereocenters. The number of rotatable bonds is 3. The van der Waals surface area contributed by atoms with Crippen molar-refractivity contribution in [3.63, 3.8) is 0 Å². The molecule has 112 valence electrons. The molecule has 0 aliphatic heterocycles. The van der Waals surface area contributed by atoms with Gasteiger partial charge in [-0.15, -0.1) is 0 Å². The summed E-state index contributed by atoms with van der Waals surface area (Å²) in [4.78, 5) is 12.2. The molecule has 2 aromatic carbocycles. The van der Waals surface area contributed by atoms with Crippen molar-refractivity contribution in [1.29, 1.82) is 0 Å². The Kier molecular flexibility index (Phi) is 3.47. The number of fused-ring (bicyclic) bond motifs is 1. The predicted octanol–water partition coefficient (Wildman–Crippen LogP) is 3.18. The van der Waals surface area contributed by atoms with Crippen molar-refractivity contribution in [2.45, 2.75) is 0 Å². The Morgan fingerprint density at radius 1 is 0.909 bits per heavy atom. The molecule has 1 heterocycles. The Balaban J connectivity index is 2.23. The van der Waals surface area contributed by atoms with E-state index in [0.29, 0.717) is 22.6 Å². The Hall–Kier alpha value is -2.95. The number of aromatic hydroxyl groups is 1. The number of methoxy groups -OCH3 is 2. The highest BCUT2D eigenvalue weighted by Crippen LogP contribution is 2.32. The second-order valence-corrected chi connectivity index (χ2v) is 4.73. The third kappa shape index (κ3) is 2.37. The van der Waals surface area contributed by atoms with Crippen LogP contribution in [0.4, 0.5) is 0 Å². The smallest absolute Gasteiger partial charge is 0.344 e. The third-order valence-electron chi connectivity index (χ3n) is 3.44. The highest BCUT2D eigenvalue weighted by Gasteiger charge is 2.13. The molecular weight excluding hydrogens is 284 g/mol. The fourth-order valence-electron chi connectivity index (χ4n) is 2.26. The molecule has 0 saturated carbocycles. The van der Waals surface area contributed by atoms with Gasteiger partial charge in [-0.2, -0.15) is 0 Å². The molecule has 0 unspecified atom stereocenters. The maximum atomic E-state index is 12.2. The van der Waals surface area contributed by atoms with Crippen LogP contribution in [0.1, 0.15) is 0 Å². The van der Waals surface area contributed by atoms with E-state index in [-0.39, 0.29) is 11.3 Å². The molecular formula is C17H14O5. The SMILES string of the molecule is COc1ccc(O)c(-c2cc3ccc(OC)cc3oc2=O)c1. The van der Waals surface area contributed by atoms with Crippen LogP contribution in [-0.4, -0.2) is 19.3 Å². The van der Waals surface area contributed by atoms with Gasteiger partial charge < -0.3 is 19.0 Å². The van der Waals surface area contributed by atoms with Gasteiger partial charge in [-0.05, 0) is 36.4 Å². The van der Waals surface area contributed by atoms with Gasteiger partial charge in [0.2, 0.25) is 0 Å². The van der Waals surface area contributed by atoms with E-state index >= 15 is 0 Å². The average Bonchev–Trinajstić information content (AvgIpc) is 2.54. The van der Waals surface area contributed by atoms with Crippen LogP contribution in [-0.2, 0) is 0 Å². The predicted molar refractivity (Wildman–Crippen MR) is 82.7 cm³/mol. The van der Waals surface area contributed by atoms with Crippen LogP contribution in [0.3, 0.4) is 0 Å². The molecule has 0 aliphatic carbocycles. The number of phenols is 1. The van der Waals surface area contributed by atoms with E-state index in [2.05, 4.69) is 0 Å². The van der Waals surface area contributed by atoms with Crippen LogP contribution in [0.2, 0.25) is 0 Å². The van der Waals surface area contributed by atoms with Crippen molar-refractivity contribution in [3.05, 3.63) is 52.9 Å². The molecule has 0 fully saturated rings. The van der Waals surface area contributed by atoms with E-state index in [1.807, 2.05) is 0 Å². The molecule has 0 spiro atoms. The topological polar surface area (TPSA) is 68.9 Å². The fraction of sp³-hybridized carbons (Fsp3) is 0.118. The van der Waals surface area contributed by atoms with Gasteiger partial charge in [0.1, 0.15) is 22.8 Å². The van der Waals surface area contributed by atoms with E-state index in [4.69, 9.17) is 13.9 Å². The number of hydrogen-bond donors (Lipinski definition) is 1. The Morgan fingerprint density at radius 2 is 1.59 bits per heavy atom. The molecule has 0 aliphatic rings. The summed E-state index contributed by atoms with van der Waals surface area (Å²) in [6, 6.07) is 11.6. The second-order valence-electron chi connectivity index (χ2n) is 4.73. The van der Waals surface area contributed by atoms with Crippen LogP contribution >= 0.6 is 0 Å². The molecule has 3 rings (SSSR count). The normalized spacial score (nSPS) is 10.6. The summed E-state index contributed by atoms with van der Waals surface area (Å²) in [5.74, 6) is 1.13. The molecule has 22 heavy (non-hydrogen) atoms. The zero-order valence-corrected chi connectivity index (χ0v) is 12.1. The lowest BCUT2D eigenvalue weighted by molar-refractivity contribution is 0.412. The van der Waals surface area contributed by atoms with Gasteiger partial charge in [0.15, 0.2) is 0 Å². The van der Waals surface area contributed by atoms with Crippen LogP contribution in [0.15, 0.2) is 51.7 Å². The van der Waals surface area contributed by atoms with Crippen molar-refractivity contribution in [1.82, 2.24) is 0 Å². The first kappa shape index (κ1) is 14.0. The first-order valence-electron chi connectivity index (χ1n) is 6.61. The largest absolute Gasteiger partial charge is 0.507 e. The number of benzene rings is 2. The summed E-state index contributed by atoms with van der Waals surface area (Å²) >= 11 is 0. The van der Waals surface area contributed by atoms with Crippen LogP contribution in [0.25, 0.3) is 22.1 Å². The molecule has 0 saturated heterocycles. The number of hydrogen-bond acceptors (Lipinski definition) is 5. The van der Waals surface area contributed by atoms with Crippen molar-refractivity contribution < 1.29 is 19.0 Å². The van der Waals surface area contributed by atoms with Gasteiger partial charge >= 0.3 is 5.63 Å². The minimum Gasteiger partial charge on any atom is -0.507 e. The van der Waals surface area contributed by atoms with E-state index in [0.717, 1.165) is 5.39 Å². The standard InChI is InChI=1S/C17H14O5/c1-20-11-5-6-15(18)13(8-11)14-7-10-3-4-12(21-2)9-16(10)22-17(14)19/h3-9,18H,1-2H3. The fourth-order valence-corrected chi connectivity index (χ4v) is 2.26. The van der Waals surface area contributed by atoms with E-state index < -0.39 is 5.63 Å². The lowest BCUT2D eigenvalue weighted by Crippen LogP contribution is -2.03.